The Balaban J connectivity index is 2.16. The first-order valence-electron chi connectivity index (χ1n) is 7.48. The molecule has 1 heterocycles. The molecule has 0 amide bonds. The minimum atomic E-state index is 0.288. The predicted octanol–water partition coefficient (Wildman–Crippen LogP) is 2.83. The van der Waals surface area contributed by atoms with Crippen molar-refractivity contribution in [2.45, 2.75) is 25.8 Å². The molecule has 1 atom stereocenters. The van der Waals surface area contributed by atoms with Crippen LogP contribution in [0.1, 0.15) is 30.6 Å². The minimum Gasteiger partial charge on any atom is -0.347 e. The lowest BCUT2D eigenvalue weighted by Gasteiger charge is -2.19. The Morgan fingerprint density at radius 1 is 1.14 bits per heavy atom. The molecule has 4 heteroatoms. The quantitative estimate of drug-likeness (QED) is 0.849. The summed E-state index contributed by atoms with van der Waals surface area (Å²) in [5, 5.41) is 3.61. The first kappa shape index (κ1) is 15.4. The van der Waals surface area contributed by atoms with Crippen molar-refractivity contribution in [3.8, 4) is 0 Å². The maximum Gasteiger partial charge on any atom is 0.224 e. The van der Waals surface area contributed by atoms with Crippen molar-refractivity contribution in [2.75, 3.05) is 25.5 Å². The Labute approximate surface area is 127 Å². The van der Waals surface area contributed by atoms with Crippen molar-refractivity contribution in [1.29, 1.82) is 0 Å². The van der Waals surface area contributed by atoms with Crippen LogP contribution in [0.4, 0.5) is 5.95 Å². The van der Waals surface area contributed by atoms with Crippen LogP contribution >= 0.6 is 0 Å². The molecule has 112 valence electrons. The molecular formula is C17H24N4. The second-order valence-electron chi connectivity index (χ2n) is 5.36. The van der Waals surface area contributed by atoms with E-state index in [1.807, 2.05) is 31.3 Å². The van der Waals surface area contributed by atoms with Crippen LogP contribution in [0.3, 0.4) is 0 Å². The van der Waals surface area contributed by atoms with Gasteiger partial charge in [-0.1, -0.05) is 37.3 Å². The highest BCUT2D eigenvalue weighted by Gasteiger charge is 2.12. The molecule has 2 rings (SSSR count). The molecule has 1 unspecified atom stereocenters. The zero-order valence-electron chi connectivity index (χ0n) is 13.1. The molecule has 0 saturated carbocycles. The molecule has 1 aromatic heterocycles. The maximum absolute atomic E-state index is 4.62. The number of anilines is 1. The van der Waals surface area contributed by atoms with Crippen molar-refractivity contribution in [2.24, 2.45) is 0 Å². The number of aromatic nitrogens is 2. The van der Waals surface area contributed by atoms with Crippen molar-refractivity contribution >= 4 is 5.95 Å². The van der Waals surface area contributed by atoms with Gasteiger partial charge in [0, 0.05) is 38.4 Å². The number of rotatable bonds is 7. The van der Waals surface area contributed by atoms with Gasteiger partial charge in [-0.15, -0.1) is 0 Å². The first-order valence-corrected chi connectivity index (χ1v) is 7.48. The Kier molecular flexibility index (Phi) is 5.69. The van der Waals surface area contributed by atoms with Crippen LogP contribution in [-0.4, -0.2) is 30.6 Å². The van der Waals surface area contributed by atoms with E-state index >= 15 is 0 Å². The monoisotopic (exact) mass is 284 g/mol. The summed E-state index contributed by atoms with van der Waals surface area (Å²) in [5.41, 5.74) is 2.36. The highest BCUT2D eigenvalue weighted by atomic mass is 15.2. The Morgan fingerprint density at radius 3 is 2.57 bits per heavy atom. The number of hydrogen-bond acceptors (Lipinski definition) is 4. The standard InChI is InChI=1S/C17H24N4/c1-4-11-18-16(14-8-6-5-7-9-14)13-15-10-12-19-17(20-15)21(2)3/h5-10,12,16,18H,4,11,13H2,1-3H3. The molecule has 0 spiro atoms. The maximum atomic E-state index is 4.62. The Hall–Kier alpha value is -1.94. The van der Waals surface area contributed by atoms with Gasteiger partial charge in [0.25, 0.3) is 0 Å². The van der Waals surface area contributed by atoms with Crippen LogP contribution in [0, 0.1) is 0 Å². The average molecular weight is 284 g/mol. The third-order valence-corrected chi connectivity index (χ3v) is 3.36. The van der Waals surface area contributed by atoms with Gasteiger partial charge in [0.05, 0.1) is 0 Å². The summed E-state index contributed by atoms with van der Waals surface area (Å²) < 4.78 is 0. The highest BCUT2D eigenvalue weighted by Crippen LogP contribution is 2.18. The Bertz CT molecular complexity index is 539. The summed E-state index contributed by atoms with van der Waals surface area (Å²) in [4.78, 5) is 10.8. The average Bonchev–Trinajstić information content (AvgIpc) is 2.52. The largest absolute Gasteiger partial charge is 0.347 e. The second kappa shape index (κ2) is 7.74. The third kappa shape index (κ3) is 4.53. The van der Waals surface area contributed by atoms with Crippen LogP contribution in [0.15, 0.2) is 42.6 Å². The van der Waals surface area contributed by atoms with Crippen LogP contribution < -0.4 is 10.2 Å². The van der Waals surface area contributed by atoms with Gasteiger partial charge in [-0.3, -0.25) is 0 Å². The van der Waals surface area contributed by atoms with Gasteiger partial charge < -0.3 is 10.2 Å². The molecule has 0 saturated heterocycles. The van der Waals surface area contributed by atoms with E-state index in [9.17, 15) is 0 Å². The van der Waals surface area contributed by atoms with Crippen molar-refractivity contribution in [3.63, 3.8) is 0 Å². The van der Waals surface area contributed by atoms with E-state index in [0.29, 0.717) is 0 Å². The summed E-state index contributed by atoms with van der Waals surface area (Å²) in [6.07, 6.45) is 3.82. The molecule has 4 nitrogen and oxygen atoms in total. The zero-order chi connectivity index (χ0) is 15.1. The van der Waals surface area contributed by atoms with Gasteiger partial charge in [-0.05, 0) is 24.6 Å². The molecule has 1 N–H and O–H groups in total. The normalized spacial score (nSPS) is 12.1. The van der Waals surface area contributed by atoms with Gasteiger partial charge >= 0.3 is 0 Å². The molecular weight excluding hydrogens is 260 g/mol. The molecule has 0 aliphatic heterocycles. The summed E-state index contributed by atoms with van der Waals surface area (Å²) >= 11 is 0. The summed E-state index contributed by atoms with van der Waals surface area (Å²) in [6, 6.07) is 12.8. The summed E-state index contributed by atoms with van der Waals surface area (Å²) in [7, 11) is 3.92. The molecule has 0 aliphatic rings. The van der Waals surface area contributed by atoms with E-state index in [1.165, 1.54) is 5.56 Å². The number of nitrogens with one attached hydrogen (secondary N) is 1. The zero-order valence-corrected chi connectivity index (χ0v) is 13.1. The fourth-order valence-electron chi connectivity index (χ4n) is 2.23. The summed E-state index contributed by atoms with van der Waals surface area (Å²) in [6.45, 7) is 3.19. The van der Waals surface area contributed by atoms with Gasteiger partial charge in [0.2, 0.25) is 5.95 Å². The van der Waals surface area contributed by atoms with Crippen LogP contribution in [0.25, 0.3) is 0 Å². The van der Waals surface area contributed by atoms with Gasteiger partial charge in [-0.25, -0.2) is 9.97 Å². The number of benzene rings is 1. The van der Waals surface area contributed by atoms with Crippen LogP contribution in [0.5, 0.6) is 0 Å². The lowest BCUT2D eigenvalue weighted by molar-refractivity contribution is 0.524. The molecule has 21 heavy (non-hydrogen) atoms. The first-order chi connectivity index (χ1) is 10.2. The fourth-order valence-corrected chi connectivity index (χ4v) is 2.23. The van der Waals surface area contributed by atoms with Crippen LogP contribution in [0.2, 0.25) is 0 Å². The van der Waals surface area contributed by atoms with E-state index in [1.54, 1.807) is 0 Å². The van der Waals surface area contributed by atoms with Gasteiger partial charge in [0.1, 0.15) is 0 Å². The predicted molar refractivity (Wildman–Crippen MR) is 87.5 cm³/mol. The SMILES string of the molecule is CCCNC(Cc1ccnc(N(C)C)n1)c1ccccc1. The van der Waals surface area contributed by atoms with E-state index in [2.05, 4.69) is 52.5 Å². The molecule has 0 bridgehead atoms. The molecule has 2 aromatic rings. The minimum absolute atomic E-state index is 0.288. The van der Waals surface area contributed by atoms with E-state index in [0.717, 1.165) is 31.0 Å². The van der Waals surface area contributed by atoms with Gasteiger partial charge in [0.15, 0.2) is 0 Å². The molecule has 1 aromatic carbocycles. The van der Waals surface area contributed by atoms with Crippen molar-refractivity contribution in [1.82, 2.24) is 15.3 Å². The molecule has 0 fully saturated rings. The molecule has 0 aliphatic carbocycles. The molecule has 0 radical (unpaired) electrons. The summed E-state index contributed by atoms with van der Waals surface area (Å²) in [5.74, 6) is 0.759. The van der Waals surface area contributed by atoms with E-state index in [-0.39, 0.29) is 6.04 Å². The number of nitrogens with zero attached hydrogens (tertiary/aromatic N) is 3. The Morgan fingerprint density at radius 2 is 1.90 bits per heavy atom. The van der Waals surface area contributed by atoms with Crippen molar-refractivity contribution in [3.05, 3.63) is 53.9 Å². The highest BCUT2D eigenvalue weighted by molar-refractivity contribution is 5.28. The lowest BCUT2D eigenvalue weighted by Crippen LogP contribution is -2.24. The van der Waals surface area contributed by atoms with E-state index < -0.39 is 0 Å². The number of hydrogen-bond donors (Lipinski definition) is 1. The van der Waals surface area contributed by atoms with Crippen LogP contribution in [-0.2, 0) is 6.42 Å². The third-order valence-electron chi connectivity index (χ3n) is 3.36. The smallest absolute Gasteiger partial charge is 0.224 e. The van der Waals surface area contributed by atoms with E-state index in [4.69, 9.17) is 0 Å². The van der Waals surface area contributed by atoms with Crippen molar-refractivity contribution < 1.29 is 0 Å². The topological polar surface area (TPSA) is 41.1 Å². The second-order valence-corrected chi connectivity index (χ2v) is 5.36. The lowest BCUT2D eigenvalue weighted by atomic mass is 10.0. The fraction of sp³-hybridized carbons (Fsp3) is 0.412. The van der Waals surface area contributed by atoms with Gasteiger partial charge in [-0.2, -0.15) is 0 Å².